The standard InChI is InChI=1S/C12H19NO2/c1-9-10(2)12(15-8-6-13)4-3-11(9)5-7-14/h3-4,14H,5-8,13H2,1-2H3. The van der Waals surface area contributed by atoms with Gasteiger partial charge in [-0.05, 0) is 43.0 Å². The maximum Gasteiger partial charge on any atom is 0.122 e. The number of ether oxygens (including phenoxy) is 1. The highest BCUT2D eigenvalue weighted by Gasteiger charge is 2.06. The average molecular weight is 209 g/mol. The summed E-state index contributed by atoms with van der Waals surface area (Å²) in [7, 11) is 0. The van der Waals surface area contributed by atoms with Crippen molar-refractivity contribution in [2.45, 2.75) is 20.3 Å². The third-order valence-corrected chi connectivity index (χ3v) is 2.61. The number of hydrogen-bond donors (Lipinski definition) is 2. The molecule has 3 nitrogen and oxygen atoms in total. The van der Waals surface area contributed by atoms with Crippen LogP contribution in [0.1, 0.15) is 16.7 Å². The summed E-state index contributed by atoms with van der Waals surface area (Å²) in [5.41, 5.74) is 8.89. The zero-order chi connectivity index (χ0) is 11.3. The van der Waals surface area contributed by atoms with Crippen LogP contribution in [-0.4, -0.2) is 24.9 Å². The van der Waals surface area contributed by atoms with Gasteiger partial charge in [-0.15, -0.1) is 0 Å². The van der Waals surface area contributed by atoms with Gasteiger partial charge >= 0.3 is 0 Å². The molecule has 3 heteroatoms. The van der Waals surface area contributed by atoms with Gasteiger partial charge in [-0.3, -0.25) is 0 Å². The third-order valence-electron chi connectivity index (χ3n) is 2.61. The predicted octanol–water partition coefficient (Wildman–Crippen LogP) is 1.18. The second kappa shape index (κ2) is 5.73. The molecule has 1 aromatic rings. The molecular weight excluding hydrogens is 190 g/mol. The molecule has 1 rings (SSSR count). The molecule has 0 amide bonds. The van der Waals surface area contributed by atoms with Crippen LogP contribution in [0.4, 0.5) is 0 Å². The van der Waals surface area contributed by atoms with E-state index in [1.165, 1.54) is 11.1 Å². The lowest BCUT2D eigenvalue weighted by atomic mass is 10.0. The molecule has 0 saturated heterocycles. The van der Waals surface area contributed by atoms with Crippen LogP contribution < -0.4 is 10.5 Å². The van der Waals surface area contributed by atoms with Gasteiger partial charge in [0.2, 0.25) is 0 Å². The number of nitrogens with two attached hydrogens (primary N) is 1. The van der Waals surface area contributed by atoms with E-state index in [1.54, 1.807) is 0 Å². The van der Waals surface area contributed by atoms with Crippen molar-refractivity contribution in [1.29, 1.82) is 0 Å². The summed E-state index contributed by atoms with van der Waals surface area (Å²) in [4.78, 5) is 0. The Hall–Kier alpha value is -1.06. The Balaban J connectivity index is 2.88. The Bertz CT molecular complexity index is 324. The molecule has 0 heterocycles. The molecule has 0 spiro atoms. The van der Waals surface area contributed by atoms with Crippen LogP contribution in [0.15, 0.2) is 12.1 Å². The molecule has 3 N–H and O–H groups in total. The topological polar surface area (TPSA) is 55.5 Å². The third kappa shape index (κ3) is 2.94. The summed E-state index contributed by atoms with van der Waals surface area (Å²) >= 11 is 0. The normalized spacial score (nSPS) is 10.4. The fraction of sp³-hybridized carbons (Fsp3) is 0.500. The first-order valence-electron chi connectivity index (χ1n) is 5.23. The minimum absolute atomic E-state index is 0.184. The summed E-state index contributed by atoms with van der Waals surface area (Å²) in [6.45, 7) is 5.33. The quantitative estimate of drug-likeness (QED) is 0.765. The van der Waals surface area contributed by atoms with Crippen LogP contribution in [0.3, 0.4) is 0 Å². The smallest absolute Gasteiger partial charge is 0.122 e. The lowest BCUT2D eigenvalue weighted by Gasteiger charge is -2.13. The van der Waals surface area contributed by atoms with Crippen LogP contribution in [0.25, 0.3) is 0 Å². The minimum Gasteiger partial charge on any atom is -0.492 e. The summed E-state index contributed by atoms with van der Waals surface area (Å²) in [5.74, 6) is 0.889. The Morgan fingerprint density at radius 2 is 2.00 bits per heavy atom. The zero-order valence-electron chi connectivity index (χ0n) is 9.42. The van der Waals surface area contributed by atoms with Gasteiger partial charge in [-0.2, -0.15) is 0 Å². The van der Waals surface area contributed by atoms with E-state index in [0.29, 0.717) is 19.6 Å². The van der Waals surface area contributed by atoms with E-state index in [-0.39, 0.29) is 6.61 Å². The maximum atomic E-state index is 8.90. The first-order chi connectivity index (χ1) is 7.20. The molecule has 0 aromatic heterocycles. The van der Waals surface area contributed by atoms with Crippen molar-refractivity contribution >= 4 is 0 Å². The van der Waals surface area contributed by atoms with Crippen LogP contribution in [0.2, 0.25) is 0 Å². The second-order valence-corrected chi connectivity index (χ2v) is 3.58. The van der Waals surface area contributed by atoms with Crippen LogP contribution in [0, 0.1) is 13.8 Å². The molecule has 0 saturated carbocycles. The van der Waals surface area contributed by atoms with Crippen LogP contribution in [0.5, 0.6) is 5.75 Å². The largest absolute Gasteiger partial charge is 0.492 e. The van der Waals surface area contributed by atoms with Gasteiger partial charge in [0.1, 0.15) is 12.4 Å². The number of hydrogen-bond acceptors (Lipinski definition) is 3. The maximum absolute atomic E-state index is 8.90. The van der Waals surface area contributed by atoms with Gasteiger partial charge in [0.05, 0.1) is 0 Å². The molecule has 84 valence electrons. The lowest BCUT2D eigenvalue weighted by Crippen LogP contribution is -2.11. The van der Waals surface area contributed by atoms with Gasteiger partial charge in [0, 0.05) is 13.2 Å². The van der Waals surface area contributed by atoms with E-state index in [1.807, 2.05) is 19.1 Å². The average Bonchev–Trinajstić information content (AvgIpc) is 2.24. The molecule has 0 radical (unpaired) electrons. The summed E-state index contributed by atoms with van der Waals surface area (Å²) in [6.07, 6.45) is 0.698. The van der Waals surface area contributed by atoms with Gasteiger partial charge < -0.3 is 15.6 Å². The molecule has 0 aliphatic carbocycles. The molecular formula is C12H19NO2. The van der Waals surface area contributed by atoms with E-state index in [9.17, 15) is 0 Å². The summed E-state index contributed by atoms with van der Waals surface area (Å²) < 4.78 is 5.51. The van der Waals surface area contributed by atoms with Crippen LogP contribution in [-0.2, 0) is 6.42 Å². The predicted molar refractivity (Wildman–Crippen MR) is 61.3 cm³/mol. The van der Waals surface area contributed by atoms with E-state index < -0.39 is 0 Å². The molecule has 0 atom stereocenters. The highest BCUT2D eigenvalue weighted by atomic mass is 16.5. The van der Waals surface area contributed by atoms with Crippen molar-refractivity contribution in [2.24, 2.45) is 5.73 Å². The van der Waals surface area contributed by atoms with E-state index in [4.69, 9.17) is 15.6 Å². The van der Waals surface area contributed by atoms with Gasteiger partial charge in [-0.1, -0.05) is 6.07 Å². The van der Waals surface area contributed by atoms with E-state index in [0.717, 1.165) is 11.3 Å². The molecule has 0 aliphatic heterocycles. The van der Waals surface area contributed by atoms with Gasteiger partial charge in [0.25, 0.3) is 0 Å². The number of benzene rings is 1. The molecule has 0 aliphatic rings. The van der Waals surface area contributed by atoms with Gasteiger partial charge in [0.15, 0.2) is 0 Å². The monoisotopic (exact) mass is 209 g/mol. The van der Waals surface area contributed by atoms with Crippen LogP contribution >= 0.6 is 0 Å². The Labute approximate surface area is 90.9 Å². The molecule has 0 bridgehead atoms. The number of aliphatic hydroxyl groups is 1. The minimum atomic E-state index is 0.184. The second-order valence-electron chi connectivity index (χ2n) is 3.58. The summed E-state index contributed by atoms with van der Waals surface area (Å²) in [6, 6.07) is 3.95. The fourth-order valence-corrected chi connectivity index (χ4v) is 1.57. The first kappa shape index (κ1) is 12.0. The molecule has 0 unspecified atom stereocenters. The number of aliphatic hydroxyl groups excluding tert-OH is 1. The van der Waals surface area contributed by atoms with E-state index >= 15 is 0 Å². The van der Waals surface area contributed by atoms with Crippen molar-refractivity contribution in [3.05, 3.63) is 28.8 Å². The molecule has 15 heavy (non-hydrogen) atoms. The Morgan fingerprint density at radius 1 is 1.27 bits per heavy atom. The molecule has 0 fully saturated rings. The van der Waals surface area contributed by atoms with Crippen molar-refractivity contribution in [3.8, 4) is 5.75 Å². The fourth-order valence-electron chi connectivity index (χ4n) is 1.57. The lowest BCUT2D eigenvalue weighted by molar-refractivity contribution is 0.299. The first-order valence-corrected chi connectivity index (χ1v) is 5.23. The Morgan fingerprint density at radius 3 is 2.60 bits per heavy atom. The highest BCUT2D eigenvalue weighted by molar-refractivity contribution is 5.43. The van der Waals surface area contributed by atoms with Crippen molar-refractivity contribution < 1.29 is 9.84 Å². The zero-order valence-corrected chi connectivity index (χ0v) is 9.42. The van der Waals surface area contributed by atoms with E-state index in [2.05, 4.69) is 6.92 Å². The van der Waals surface area contributed by atoms with Gasteiger partial charge in [-0.25, -0.2) is 0 Å². The van der Waals surface area contributed by atoms with Crippen molar-refractivity contribution in [1.82, 2.24) is 0 Å². The molecule has 1 aromatic carbocycles. The number of rotatable bonds is 5. The van der Waals surface area contributed by atoms with Crippen molar-refractivity contribution in [2.75, 3.05) is 19.8 Å². The van der Waals surface area contributed by atoms with Crippen molar-refractivity contribution in [3.63, 3.8) is 0 Å². The SMILES string of the molecule is Cc1c(CCO)ccc(OCCN)c1C. The summed E-state index contributed by atoms with van der Waals surface area (Å²) in [5, 5.41) is 8.90. The Kier molecular flexibility index (Phi) is 4.59. The highest BCUT2D eigenvalue weighted by Crippen LogP contribution is 2.24.